The van der Waals surface area contributed by atoms with Gasteiger partial charge in [-0.3, -0.25) is 0 Å². The Kier molecular flexibility index (Phi) is 4.24. The number of benzene rings is 3. The molecule has 124 valence electrons. The summed E-state index contributed by atoms with van der Waals surface area (Å²) in [5.41, 5.74) is -0.946. The van der Waals surface area contributed by atoms with Gasteiger partial charge in [-0.2, -0.15) is 13.2 Å². The molecule has 0 heterocycles. The highest BCUT2D eigenvalue weighted by Crippen LogP contribution is 2.42. The number of phenols is 1. The van der Waals surface area contributed by atoms with Gasteiger partial charge in [-0.25, -0.2) is 0 Å². The highest BCUT2D eigenvalue weighted by molar-refractivity contribution is 6.37. The zero-order valence-corrected chi connectivity index (χ0v) is 13.4. The molecule has 0 unspecified atom stereocenters. The SMILES string of the molecule is Oc1ccc2cc(Oc3c(Cl)cc(C(F)(F)F)cc3Cl)ccc2c1. The highest BCUT2D eigenvalue weighted by atomic mass is 35.5. The molecule has 0 aliphatic heterocycles. The van der Waals surface area contributed by atoms with E-state index in [4.69, 9.17) is 27.9 Å². The summed E-state index contributed by atoms with van der Waals surface area (Å²) < 4.78 is 43.8. The summed E-state index contributed by atoms with van der Waals surface area (Å²) in [5, 5.41) is 10.5. The Labute approximate surface area is 145 Å². The number of ether oxygens (including phenoxy) is 1. The van der Waals surface area contributed by atoms with Crippen LogP contribution >= 0.6 is 23.2 Å². The van der Waals surface area contributed by atoms with Crippen LogP contribution < -0.4 is 4.74 Å². The quantitative estimate of drug-likeness (QED) is 0.544. The van der Waals surface area contributed by atoms with Crippen LogP contribution in [0.1, 0.15) is 5.56 Å². The molecule has 3 aromatic rings. The maximum atomic E-state index is 12.7. The molecular formula is C17H9Cl2F3O2. The van der Waals surface area contributed by atoms with E-state index < -0.39 is 11.7 Å². The third kappa shape index (κ3) is 3.37. The first-order valence-corrected chi connectivity index (χ1v) is 7.46. The van der Waals surface area contributed by atoms with Crippen LogP contribution in [0.5, 0.6) is 17.2 Å². The molecular weight excluding hydrogens is 364 g/mol. The van der Waals surface area contributed by atoms with Gasteiger partial charge in [0.2, 0.25) is 0 Å². The maximum absolute atomic E-state index is 12.7. The summed E-state index contributed by atoms with van der Waals surface area (Å²) in [6.45, 7) is 0. The fraction of sp³-hybridized carbons (Fsp3) is 0.0588. The lowest BCUT2D eigenvalue weighted by molar-refractivity contribution is -0.137. The Hall–Kier alpha value is -2.11. The van der Waals surface area contributed by atoms with Crippen molar-refractivity contribution >= 4 is 34.0 Å². The van der Waals surface area contributed by atoms with Crippen molar-refractivity contribution in [1.29, 1.82) is 0 Å². The molecule has 0 radical (unpaired) electrons. The average Bonchev–Trinajstić information content (AvgIpc) is 2.49. The van der Waals surface area contributed by atoms with Crippen molar-refractivity contribution in [1.82, 2.24) is 0 Å². The lowest BCUT2D eigenvalue weighted by Gasteiger charge is -2.13. The van der Waals surface area contributed by atoms with Crippen molar-refractivity contribution in [2.75, 3.05) is 0 Å². The predicted octanol–water partition coefficient (Wildman–Crippen LogP) is 6.66. The fourth-order valence-electron chi connectivity index (χ4n) is 2.21. The first kappa shape index (κ1) is 16.7. The van der Waals surface area contributed by atoms with Crippen LogP contribution in [0, 0.1) is 0 Å². The van der Waals surface area contributed by atoms with Gasteiger partial charge in [-0.15, -0.1) is 0 Å². The van der Waals surface area contributed by atoms with Gasteiger partial charge in [-0.1, -0.05) is 35.3 Å². The van der Waals surface area contributed by atoms with Crippen LogP contribution in [0.25, 0.3) is 10.8 Å². The first-order chi connectivity index (χ1) is 11.2. The van der Waals surface area contributed by atoms with Crippen LogP contribution in [0.4, 0.5) is 13.2 Å². The van der Waals surface area contributed by atoms with Crippen molar-refractivity contribution in [3.05, 3.63) is 64.1 Å². The van der Waals surface area contributed by atoms with Crippen molar-refractivity contribution in [2.45, 2.75) is 6.18 Å². The number of aromatic hydroxyl groups is 1. The molecule has 0 aliphatic rings. The Morgan fingerprint density at radius 1 is 0.833 bits per heavy atom. The molecule has 0 saturated carbocycles. The first-order valence-electron chi connectivity index (χ1n) is 6.71. The number of fused-ring (bicyclic) bond motifs is 1. The van der Waals surface area contributed by atoms with Crippen LogP contribution in [0.15, 0.2) is 48.5 Å². The summed E-state index contributed by atoms with van der Waals surface area (Å²) in [7, 11) is 0. The van der Waals surface area contributed by atoms with E-state index in [0.29, 0.717) is 5.75 Å². The second-order valence-corrected chi connectivity index (χ2v) is 5.88. The summed E-state index contributed by atoms with van der Waals surface area (Å²) in [4.78, 5) is 0. The monoisotopic (exact) mass is 372 g/mol. The molecule has 0 atom stereocenters. The molecule has 2 nitrogen and oxygen atoms in total. The minimum absolute atomic E-state index is 0.0514. The molecule has 3 rings (SSSR count). The normalized spacial score (nSPS) is 11.7. The summed E-state index contributed by atoms with van der Waals surface area (Å²) in [6, 6.07) is 11.3. The van der Waals surface area contributed by atoms with E-state index >= 15 is 0 Å². The van der Waals surface area contributed by atoms with Crippen LogP contribution in [-0.2, 0) is 6.18 Å². The number of hydrogen-bond donors (Lipinski definition) is 1. The Balaban J connectivity index is 1.98. The Morgan fingerprint density at radius 3 is 2.04 bits per heavy atom. The van der Waals surface area contributed by atoms with E-state index in [2.05, 4.69) is 0 Å². The Morgan fingerprint density at radius 2 is 1.42 bits per heavy atom. The zero-order chi connectivity index (χ0) is 17.5. The summed E-state index contributed by atoms with van der Waals surface area (Å²) in [5.74, 6) is 0.436. The smallest absolute Gasteiger partial charge is 0.416 e. The lowest BCUT2D eigenvalue weighted by atomic mass is 10.1. The summed E-state index contributed by atoms with van der Waals surface area (Å²) in [6.07, 6.45) is -4.54. The standard InChI is InChI=1S/C17H9Cl2F3O2/c18-14-7-11(17(20,21)22)8-15(19)16(14)24-13-4-2-9-5-12(23)3-1-10(9)6-13/h1-8,23H. The molecule has 0 aliphatic carbocycles. The average molecular weight is 373 g/mol. The number of halogens is 5. The van der Waals surface area contributed by atoms with E-state index in [9.17, 15) is 18.3 Å². The van der Waals surface area contributed by atoms with Gasteiger partial charge in [0.25, 0.3) is 0 Å². The third-order valence-corrected chi connectivity index (χ3v) is 3.90. The number of phenolic OH excluding ortho intramolecular Hbond substituents is 1. The second-order valence-electron chi connectivity index (χ2n) is 5.06. The van der Waals surface area contributed by atoms with Crippen LogP contribution in [-0.4, -0.2) is 5.11 Å². The van der Waals surface area contributed by atoms with Crippen LogP contribution in [0.3, 0.4) is 0 Å². The lowest BCUT2D eigenvalue weighted by Crippen LogP contribution is -2.05. The third-order valence-electron chi connectivity index (χ3n) is 3.34. The largest absolute Gasteiger partial charge is 0.508 e. The van der Waals surface area contributed by atoms with Gasteiger partial charge in [-0.05, 0) is 47.2 Å². The molecule has 3 aromatic carbocycles. The van der Waals surface area contributed by atoms with E-state index in [1.54, 1.807) is 30.3 Å². The number of rotatable bonds is 2. The number of hydrogen-bond acceptors (Lipinski definition) is 2. The van der Waals surface area contributed by atoms with Gasteiger partial charge in [0, 0.05) is 0 Å². The van der Waals surface area contributed by atoms with E-state index in [0.717, 1.165) is 22.9 Å². The number of alkyl halides is 3. The molecule has 7 heteroatoms. The molecule has 1 N–H and O–H groups in total. The topological polar surface area (TPSA) is 29.5 Å². The molecule has 0 fully saturated rings. The minimum Gasteiger partial charge on any atom is -0.508 e. The second kappa shape index (κ2) is 6.07. The van der Waals surface area contributed by atoms with Gasteiger partial charge in [0.15, 0.2) is 5.75 Å². The van der Waals surface area contributed by atoms with Gasteiger partial charge in [0.1, 0.15) is 11.5 Å². The molecule has 0 amide bonds. The van der Waals surface area contributed by atoms with Gasteiger partial charge >= 0.3 is 6.18 Å². The van der Waals surface area contributed by atoms with E-state index in [1.807, 2.05) is 0 Å². The fourth-order valence-corrected chi connectivity index (χ4v) is 2.78. The predicted molar refractivity (Wildman–Crippen MR) is 87.2 cm³/mol. The Bertz CT molecular complexity index is 900. The minimum atomic E-state index is -4.54. The van der Waals surface area contributed by atoms with E-state index in [-0.39, 0.29) is 21.5 Å². The van der Waals surface area contributed by atoms with Crippen molar-refractivity contribution in [3.63, 3.8) is 0 Å². The van der Waals surface area contributed by atoms with E-state index in [1.165, 1.54) is 6.07 Å². The van der Waals surface area contributed by atoms with Gasteiger partial charge in [0.05, 0.1) is 15.6 Å². The van der Waals surface area contributed by atoms with Crippen molar-refractivity contribution in [2.24, 2.45) is 0 Å². The molecule has 0 aromatic heterocycles. The van der Waals surface area contributed by atoms with Crippen molar-refractivity contribution in [3.8, 4) is 17.2 Å². The van der Waals surface area contributed by atoms with Gasteiger partial charge < -0.3 is 9.84 Å². The molecule has 0 saturated heterocycles. The van der Waals surface area contributed by atoms with Crippen molar-refractivity contribution < 1.29 is 23.0 Å². The highest BCUT2D eigenvalue weighted by Gasteiger charge is 2.32. The van der Waals surface area contributed by atoms with Crippen LogP contribution in [0.2, 0.25) is 10.0 Å². The zero-order valence-electron chi connectivity index (χ0n) is 11.9. The molecule has 24 heavy (non-hydrogen) atoms. The summed E-state index contributed by atoms with van der Waals surface area (Å²) >= 11 is 11.8. The molecule has 0 spiro atoms. The maximum Gasteiger partial charge on any atom is 0.416 e. The molecule has 0 bridgehead atoms.